The first-order chi connectivity index (χ1) is 37.1. The molecule has 7 rings (SSSR count). The number of aromatic nitrogens is 3. The number of aryl methyl sites for hydroxylation is 3. The lowest BCUT2D eigenvalue weighted by Gasteiger charge is -2.27. The van der Waals surface area contributed by atoms with E-state index in [0.717, 1.165) is 127 Å². The highest BCUT2D eigenvalue weighted by atomic mass is 32.2. The zero-order chi connectivity index (χ0) is 56.1. The Balaban J connectivity index is 0.920. The molecule has 0 saturated carbocycles. The van der Waals surface area contributed by atoms with E-state index < -0.39 is 25.7 Å². The number of pyridine rings is 1. The van der Waals surface area contributed by atoms with Crippen molar-refractivity contribution in [2.45, 2.75) is 148 Å². The number of para-hydroxylation sites is 1. The fourth-order valence-corrected chi connectivity index (χ4v) is 12.2. The number of anilines is 2. The first kappa shape index (κ1) is 59.8. The number of hydrogen-bond donors (Lipinski definition) is 4. The van der Waals surface area contributed by atoms with Crippen LogP contribution in [0.25, 0.3) is 0 Å². The highest BCUT2D eigenvalue weighted by Gasteiger charge is 2.44. The SMILES string of the molecule is Cc1ncc([C@H](C)CCCCCCc2nc3c(cc2CNC(=O)CCCN(C)Cc2ccc4c(c2)C(C)(C)C(/C=C/C=C/C=C/C=C2/N(CCCS(=O)(=O)O)c5ccccc5C2(C)C)=[N+]4CCCS(=O)(=O)O)CCCN3)cn1. The zero-order valence-corrected chi connectivity index (χ0v) is 48.6. The van der Waals surface area contributed by atoms with Crippen LogP contribution in [0.4, 0.5) is 17.2 Å². The fourth-order valence-electron chi connectivity index (χ4n) is 11.2. The van der Waals surface area contributed by atoms with E-state index in [9.17, 15) is 30.7 Å². The number of nitrogens with one attached hydrogen (secondary N) is 2. The maximum absolute atomic E-state index is 13.3. The predicted octanol–water partition coefficient (Wildman–Crippen LogP) is 10.6. The van der Waals surface area contributed by atoms with Crippen molar-refractivity contribution in [3.05, 3.63) is 154 Å². The maximum atomic E-state index is 13.3. The number of rotatable bonds is 28. The normalized spacial score (nSPS) is 16.9. The molecule has 5 heterocycles. The van der Waals surface area contributed by atoms with Gasteiger partial charge in [0.1, 0.15) is 18.2 Å². The highest BCUT2D eigenvalue weighted by Crippen LogP contribution is 2.48. The van der Waals surface area contributed by atoms with Crippen molar-refractivity contribution in [2.75, 3.05) is 54.9 Å². The van der Waals surface area contributed by atoms with Crippen LogP contribution in [0.5, 0.6) is 0 Å². The van der Waals surface area contributed by atoms with Crippen LogP contribution in [-0.4, -0.2) is 107 Å². The molecule has 0 radical (unpaired) electrons. The van der Waals surface area contributed by atoms with Crippen molar-refractivity contribution >= 4 is 49.0 Å². The molecule has 2 aromatic heterocycles. The van der Waals surface area contributed by atoms with Gasteiger partial charge in [-0.3, -0.25) is 13.9 Å². The third-order valence-electron chi connectivity index (χ3n) is 15.5. The molecule has 0 bridgehead atoms. The van der Waals surface area contributed by atoms with E-state index in [0.29, 0.717) is 44.9 Å². The quantitative estimate of drug-likeness (QED) is 0.0182. The Hall–Kier alpha value is -5.85. The molecular weight excluding hydrogens is 1020 g/mol. The molecule has 4 aromatic rings. The van der Waals surface area contributed by atoms with Gasteiger partial charge in [-0.15, -0.1) is 0 Å². The Morgan fingerprint density at radius 1 is 0.872 bits per heavy atom. The molecule has 15 nitrogen and oxygen atoms in total. The third-order valence-corrected chi connectivity index (χ3v) is 17.1. The molecule has 0 spiro atoms. The standard InChI is InChI=1S/C61H82N8O7S2/c1-45(50-42-63-46(2)64-43-50)23-13-11-12-14-26-53-49(40-48-24-19-33-62-59(48)66-53)41-65-58(70)30-20-34-67(7)44-47-31-32-55-52(39-47)61(5,6)57(69(55)36-22-38-78(74,75)76)29-16-10-8-9-15-28-56-60(3,4)51-25-17-18-27-54(51)68(56)35-21-37-77(71,72)73/h8-10,15-18,25,27-29,31-32,39-40,42-43,45H,11-14,19-24,26,30,33-38,41,44H2,1-7H3,(H3-,62,65,66,70,71,72,73,74,75,76)/p+1/t45-/m1/s1. The predicted molar refractivity (Wildman–Crippen MR) is 314 cm³/mol. The van der Waals surface area contributed by atoms with Crippen LogP contribution in [-0.2, 0) is 61.8 Å². The Morgan fingerprint density at radius 2 is 1.59 bits per heavy atom. The summed E-state index contributed by atoms with van der Waals surface area (Å²) in [6.07, 6.45) is 28.0. The molecule has 3 aliphatic rings. The van der Waals surface area contributed by atoms with E-state index in [2.05, 4.69) is 119 Å². The van der Waals surface area contributed by atoms with Gasteiger partial charge in [0.05, 0.1) is 16.9 Å². The van der Waals surface area contributed by atoms with Crippen molar-refractivity contribution in [3.8, 4) is 0 Å². The van der Waals surface area contributed by atoms with Gasteiger partial charge in [-0.05, 0) is 137 Å². The number of carbonyl (C=O) groups is 1. The molecule has 0 fully saturated rings. The average Bonchev–Trinajstić information content (AvgIpc) is 4.01. The lowest BCUT2D eigenvalue weighted by Crippen LogP contribution is -2.28. The van der Waals surface area contributed by atoms with Gasteiger partial charge in [-0.1, -0.05) is 94.7 Å². The summed E-state index contributed by atoms with van der Waals surface area (Å²) in [5.41, 5.74) is 11.3. The lowest BCUT2D eigenvalue weighted by atomic mass is 9.80. The van der Waals surface area contributed by atoms with Gasteiger partial charge in [0.2, 0.25) is 11.6 Å². The topological polar surface area (TPSA) is 198 Å². The van der Waals surface area contributed by atoms with Gasteiger partial charge in [-0.25, -0.2) is 15.0 Å². The second-order valence-corrected chi connectivity index (χ2v) is 25.6. The summed E-state index contributed by atoms with van der Waals surface area (Å²) in [6.45, 7) is 16.5. The van der Waals surface area contributed by atoms with Crippen LogP contribution >= 0.6 is 0 Å². The van der Waals surface area contributed by atoms with Crippen LogP contribution in [0.2, 0.25) is 0 Å². The molecular formula is C61H83N8O7S2+. The maximum Gasteiger partial charge on any atom is 0.265 e. The van der Waals surface area contributed by atoms with E-state index >= 15 is 0 Å². The van der Waals surface area contributed by atoms with Crippen LogP contribution in [0.3, 0.4) is 0 Å². The van der Waals surface area contributed by atoms with Crippen molar-refractivity contribution in [3.63, 3.8) is 0 Å². The lowest BCUT2D eigenvalue weighted by molar-refractivity contribution is -0.437. The summed E-state index contributed by atoms with van der Waals surface area (Å²) in [4.78, 5) is 31.5. The Morgan fingerprint density at radius 3 is 2.36 bits per heavy atom. The largest absolute Gasteiger partial charge is 0.370 e. The molecule has 0 saturated heterocycles. The molecule has 17 heteroatoms. The summed E-state index contributed by atoms with van der Waals surface area (Å²) in [5.74, 6) is 1.61. The van der Waals surface area contributed by atoms with Gasteiger partial charge in [0.15, 0.2) is 5.71 Å². The Bertz CT molecular complexity index is 3130. The number of carbonyl (C=O) groups excluding carboxylic acids is 1. The molecule has 1 amide bonds. The number of fused-ring (bicyclic) bond motifs is 3. The molecule has 78 heavy (non-hydrogen) atoms. The molecule has 1 atom stereocenters. The van der Waals surface area contributed by atoms with E-state index in [1.165, 1.54) is 11.1 Å². The van der Waals surface area contributed by atoms with Crippen LogP contribution < -0.4 is 15.5 Å². The number of nitrogens with zero attached hydrogens (tertiary/aromatic N) is 6. The first-order valence-electron chi connectivity index (χ1n) is 27.9. The van der Waals surface area contributed by atoms with E-state index in [1.807, 2.05) is 67.9 Å². The van der Waals surface area contributed by atoms with E-state index in [1.54, 1.807) is 0 Å². The minimum absolute atomic E-state index is 0.0331. The van der Waals surface area contributed by atoms with E-state index in [-0.39, 0.29) is 35.7 Å². The molecule has 4 N–H and O–H groups in total. The molecule has 420 valence electrons. The summed E-state index contributed by atoms with van der Waals surface area (Å²) in [7, 11) is -6.13. The monoisotopic (exact) mass is 1100 g/mol. The summed E-state index contributed by atoms with van der Waals surface area (Å²) >= 11 is 0. The zero-order valence-electron chi connectivity index (χ0n) is 47.0. The number of benzene rings is 2. The summed E-state index contributed by atoms with van der Waals surface area (Å²) in [5, 5.41) is 6.70. The van der Waals surface area contributed by atoms with Gasteiger partial charge < -0.3 is 20.4 Å². The van der Waals surface area contributed by atoms with Crippen molar-refractivity contribution < 1.29 is 35.3 Å². The van der Waals surface area contributed by atoms with Crippen molar-refractivity contribution in [1.29, 1.82) is 0 Å². The number of unbranched alkanes of at least 4 members (excludes halogenated alkanes) is 3. The summed E-state index contributed by atoms with van der Waals surface area (Å²) < 4.78 is 67.7. The van der Waals surface area contributed by atoms with E-state index in [4.69, 9.17) is 4.98 Å². The molecule has 3 aliphatic heterocycles. The average molecular weight is 1100 g/mol. The van der Waals surface area contributed by atoms with Gasteiger partial charge >= 0.3 is 0 Å². The number of amides is 1. The second kappa shape index (κ2) is 26.9. The van der Waals surface area contributed by atoms with Crippen molar-refractivity contribution in [2.24, 2.45) is 0 Å². The van der Waals surface area contributed by atoms with Crippen LogP contribution in [0.15, 0.2) is 109 Å². The molecule has 0 unspecified atom stereocenters. The number of hydrogen-bond acceptors (Lipinski definition) is 11. The van der Waals surface area contributed by atoms with Gasteiger partial charge in [-0.2, -0.15) is 21.4 Å². The molecule has 0 aliphatic carbocycles. The third kappa shape index (κ3) is 16.4. The fraction of sp³-hybridized carbons (Fsp3) is 0.492. The number of allylic oxidation sites excluding steroid dienone is 8. The minimum Gasteiger partial charge on any atom is -0.370 e. The molecule has 2 aromatic carbocycles. The Kier molecular flexibility index (Phi) is 20.6. The summed E-state index contributed by atoms with van der Waals surface area (Å²) in [6, 6.07) is 16.8. The Labute approximate surface area is 464 Å². The van der Waals surface area contributed by atoms with Crippen LogP contribution in [0, 0.1) is 6.92 Å². The minimum atomic E-state index is -4.13. The first-order valence-corrected chi connectivity index (χ1v) is 31.1. The van der Waals surface area contributed by atoms with Crippen molar-refractivity contribution in [1.82, 2.24) is 25.2 Å². The van der Waals surface area contributed by atoms with Crippen LogP contribution in [0.1, 0.15) is 150 Å². The van der Waals surface area contributed by atoms with Gasteiger partial charge in [0, 0.05) is 91.6 Å². The smallest absolute Gasteiger partial charge is 0.265 e. The second-order valence-electron chi connectivity index (χ2n) is 22.4. The highest BCUT2D eigenvalue weighted by molar-refractivity contribution is 7.86. The van der Waals surface area contributed by atoms with Gasteiger partial charge in [0.25, 0.3) is 20.2 Å².